The molecule has 5 nitrogen and oxygen atoms in total. The minimum Gasteiger partial charge on any atom is -0.467 e. The van der Waals surface area contributed by atoms with E-state index in [0.717, 1.165) is 0 Å². The van der Waals surface area contributed by atoms with Gasteiger partial charge in [-0.15, -0.1) is 0 Å². The molecule has 0 aliphatic rings. The van der Waals surface area contributed by atoms with Crippen LogP contribution in [0.1, 0.15) is 27.7 Å². The molecule has 0 aliphatic carbocycles. The van der Waals surface area contributed by atoms with Gasteiger partial charge in [0, 0.05) is 0 Å². The fourth-order valence-electron chi connectivity index (χ4n) is 0.751. The van der Waals surface area contributed by atoms with E-state index in [9.17, 15) is 9.59 Å². The third-order valence-corrected chi connectivity index (χ3v) is 1.71. The molecule has 0 saturated heterocycles. The van der Waals surface area contributed by atoms with E-state index < -0.39 is 23.0 Å². The number of hydrogen-bond acceptors (Lipinski definition) is 4. The first-order chi connectivity index (χ1) is 6.11. The number of esters is 1. The highest BCUT2D eigenvalue weighted by molar-refractivity contribution is 5.91. The summed E-state index contributed by atoms with van der Waals surface area (Å²) in [6, 6.07) is 0. The Labute approximate surface area is 84.0 Å². The zero-order chi connectivity index (χ0) is 11.6. The monoisotopic (exact) mass is 202 g/mol. The number of carbonyl (C=O) groups is 2. The summed E-state index contributed by atoms with van der Waals surface area (Å²) < 4.78 is 4.53. The molecule has 0 bridgehead atoms. The van der Waals surface area contributed by atoms with Gasteiger partial charge in [0.25, 0.3) is 0 Å². The lowest BCUT2D eigenvalue weighted by atomic mass is 10.0. The van der Waals surface area contributed by atoms with Crippen LogP contribution in [0.4, 0.5) is 0 Å². The number of carbonyl (C=O) groups excluding carboxylic acids is 2. The Hall–Kier alpha value is -1.10. The van der Waals surface area contributed by atoms with Crippen LogP contribution in [0.15, 0.2) is 0 Å². The maximum Gasteiger partial charge on any atom is 0.330 e. The predicted molar refractivity (Wildman–Crippen MR) is 52.5 cm³/mol. The Kier molecular flexibility index (Phi) is 3.65. The van der Waals surface area contributed by atoms with Crippen molar-refractivity contribution in [3.63, 3.8) is 0 Å². The molecular formula is C9H18N2O3. The topological polar surface area (TPSA) is 81.4 Å². The SMILES string of the molecule is COC(=O)C(C)(C)NC(=O)C(C)(C)N. The lowest BCUT2D eigenvalue weighted by Gasteiger charge is -2.27. The van der Waals surface area contributed by atoms with Crippen molar-refractivity contribution in [2.45, 2.75) is 38.8 Å². The van der Waals surface area contributed by atoms with Crippen LogP contribution in [0.2, 0.25) is 0 Å². The Morgan fingerprint density at radius 3 is 1.93 bits per heavy atom. The van der Waals surface area contributed by atoms with E-state index in [1.165, 1.54) is 7.11 Å². The molecule has 3 N–H and O–H groups in total. The number of ether oxygens (including phenoxy) is 1. The molecule has 0 radical (unpaired) electrons. The molecule has 0 heterocycles. The Bertz CT molecular complexity index is 241. The molecule has 0 aliphatic heterocycles. The van der Waals surface area contributed by atoms with Crippen molar-refractivity contribution >= 4 is 11.9 Å². The average molecular weight is 202 g/mol. The van der Waals surface area contributed by atoms with Gasteiger partial charge in [0.05, 0.1) is 12.6 Å². The van der Waals surface area contributed by atoms with E-state index in [-0.39, 0.29) is 0 Å². The first kappa shape index (κ1) is 12.9. The second-order valence-electron chi connectivity index (χ2n) is 4.29. The fourth-order valence-corrected chi connectivity index (χ4v) is 0.751. The molecule has 1 amide bonds. The molecule has 0 aromatic rings. The van der Waals surface area contributed by atoms with Crippen LogP contribution in [-0.4, -0.2) is 30.1 Å². The quantitative estimate of drug-likeness (QED) is 0.620. The zero-order valence-corrected chi connectivity index (χ0v) is 9.30. The normalized spacial score (nSPS) is 12.1. The summed E-state index contributed by atoms with van der Waals surface area (Å²) in [5, 5.41) is 2.51. The fraction of sp³-hybridized carbons (Fsp3) is 0.778. The molecule has 0 aromatic carbocycles. The van der Waals surface area contributed by atoms with Gasteiger partial charge in [-0.3, -0.25) is 4.79 Å². The van der Waals surface area contributed by atoms with Crippen LogP contribution in [0.3, 0.4) is 0 Å². The van der Waals surface area contributed by atoms with E-state index in [4.69, 9.17) is 5.73 Å². The number of rotatable bonds is 3. The average Bonchev–Trinajstić information content (AvgIpc) is 2.00. The molecule has 0 unspecified atom stereocenters. The summed E-state index contributed by atoms with van der Waals surface area (Å²) in [6.07, 6.45) is 0. The number of nitrogens with one attached hydrogen (secondary N) is 1. The van der Waals surface area contributed by atoms with Crippen molar-refractivity contribution in [1.29, 1.82) is 0 Å². The smallest absolute Gasteiger partial charge is 0.330 e. The summed E-state index contributed by atoms with van der Waals surface area (Å²) in [4.78, 5) is 22.7. The maximum atomic E-state index is 11.5. The van der Waals surface area contributed by atoms with Crippen LogP contribution in [-0.2, 0) is 14.3 Å². The minimum atomic E-state index is -1.05. The van der Waals surface area contributed by atoms with Gasteiger partial charge in [0.15, 0.2) is 0 Å². The molecule has 0 atom stereocenters. The number of nitrogens with two attached hydrogens (primary N) is 1. The van der Waals surface area contributed by atoms with Crippen molar-refractivity contribution in [3.8, 4) is 0 Å². The third kappa shape index (κ3) is 3.33. The van der Waals surface area contributed by atoms with E-state index >= 15 is 0 Å². The molecule has 0 rings (SSSR count). The second-order valence-corrected chi connectivity index (χ2v) is 4.29. The van der Waals surface area contributed by atoms with E-state index in [0.29, 0.717) is 0 Å². The van der Waals surface area contributed by atoms with Gasteiger partial charge in [0.2, 0.25) is 5.91 Å². The minimum absolute atomic E-state index is 0.395. The Balaban J connectivity index is 4.53. The van der Waals surface area contributed by atoms with E-state index in [2.05, 4.69) is 10.1 Å². The summed E-state index contributed by atoms with van der Waals surface area (Å²) in [7, 11) is 1.27. The van der Waals surface area contributed by atoms with Crippen molar-refractivity contribution < 1.29 is 14.3 Å². The van der Waals surface area contributed by atoms with Crippen LogP contribution in [0.5, 0.6) is 0 Å². The van der Waals surface area contributed by atoms with Crippen molar-refractivity contribution in [1.82, 2.24) is 5.32 Å². The summed E-state index contributed by atoms with van der Waals surface area (Å²) >= 11 is 0. The van der Waals surface area contributed by atoms with Crippen LogP contribution in [0, 0.1) is 0 Å². The molecule has 0 saturated carbocycles. The molecule has 82 valence electrons. The molecular weight excluding hydrogens is 184 g/mol. The predicted octanol–water partition coefficient (Wildman–Crippen LogP) is -0.208. The summed E-state index contributed by atoms with van der Waals surface area (Å²) in [6.45, 7) is 6.25. The van der Waals surface area contributed by atoms with Gasteiger partial charge in [-0.05, 0) is 27.7 Å². The Morgan fingerprint density at radius 1 is 1.21 bits per heavy atom. The zero-order valence-electron chi connectivity index (χ0n) is 9.30. The second kappa shape index (κ2) is 3.96. The molecule has 0 spiro atoms. The standard InChI is InChI=1S/C9H18N2O3/c1-8(2,10)6(12)11-9(3,4)7(13)14-5/h10H2,1-5H3,(H,11,12). The van der Waals surface area contributed by atoms with Crippen molar-refractivity contribution in [2.75, 3.05) is 7.11 Å². The van der Waals surface area contributed by atoms with Crippen LogP contribution < -0.4 is 11.1 Å². The lowest BCUT2D eigenvalue weighted by Crippen LogP contribution is -2.58. The molecule has 14 heavy (non-hydrogen) atoms. The van der Waals surface area contributed by atoms with Crippen molar-refractivity contribution in [3.05, 3.63) is 0 Å². The van der Waals surface area contributed by atoms with Gasteiger partial charge >= 0.3 is 5.97 Å². The first-order valence-electron chi connectivity index (χ1n) is 4.31. The van der Waals surface area contributed by atoms with Crippen molar-refractivity contribution in [2.24, 2.45) is 5.73 Å². The molecule has 0 aromatic heterocycles. The van der Waals surface area contributed by atoms with Gasteiger partial charge in [-0.2, -0.15) is 0 Å². The van der Waals surface area contributed by atoms with Crippen LogP contribution in [0.25, 0.3) is 0 Å². The number of amides is 1. The first-order valence-corrected chi connectivity index (χ1v) is 4.31. The van der Waals surface area contributed by atoms with Crippen LogP contribution >= 0.6 is 0 Å². The maximum absolute atomic E-state index is 11.5. The van der Waals surface area contributed by atoms with E-state index in [1.54, 1.807) is 27.7 Å². The largest absolute Gasteiger partial charge is 0.467 e. The number of methoxy groups -OCH3 is 1. The van der Waals surface area contributed by atoms with Gasteiger partial charge in [-0.1, -0.05) is 0 Å². The van der Waals surface area contributed by atoms with Gasteiger partial charge < -0.3 is 15.8 Å². The Morgan fingerprint density at radius 2 is 1.64 bits per heavy atom. The highest BCUT2D eigenvalue weighted by atomic mass is 16.5. The molecule has 0 fully saturated rings. The van der Waals surface area contributed by atoms with E-state index in [1.807, 2.05) is 0 Å². The number of hydrogen-bond donors (Lipinski definition) is 2. The summed E-state index contributed by atoms with van der Waals surface area (Å²) in [5.74, 6) is -0.900. The lowest BCUT2D eigenvalue weighted by molar-refractivity contribution is -0.149. The van der Waals surface area contributed by atoms with Gasteiger partial charge in [0.1, 0.15) is 5.54 Å². The van der Waals surface area contributed by atoms with Gasteiger partial charge in [-0.25, -0.2) is 4.79 Å². The molecule has 5 heteroatoms. The third-order valence-electron chi connectivity index (χ3n) is 1.71. The highest BCUT2D eigenvalue weighted by Gasteiger charge is 2.34. The summed E-state index contributed by atoms with van der Waals surface area (Å²) in [5.41, 5.74) is 3.50. The highest BCUT2D eigenvalue weighted by Crippen LogP contribution is 2.07.